The smallest absolute Gasteiger partial charge is 0.744 e. The van der Waals surface area contributed by atoms with Crippen LogP contribution < -0.4 is 51.4 Å². The van der Waals surface area contributed by atoms with Crippen molar-refractivity contribution in [2.75, 3.05) is 13.2 Å². The van der Waals surface area contributed by atoms with Gasteiger partial charge in [0, 0.05) is 0 Å². The Bertz CT molecular complexity index is 1120. The Labute approximate surface area is 329 Å². The summed E-state index contributed by atoms with van der Waals surface area (Å²) in [7, 11) is -5.02. The molecule has 0 heterocycles. The number of unbranched alkanes of at least 4 members (excludes halogenated alkanes) is 18. The van der Waals surface area contributed by atoms with Crippen molar-refractivity contribution in [1.29, 1.82) is 0 Å². The zero-order valence-corrected chi connectivity index (χ0v) is 33.7. The predicted molar refractivity (Wildman–Crippen MR) is 186 cm³/mol. The monoisotopic (exact) mass is 700 g/mol. The molecule has 0 atom stereocenters. The van der Waals surface area contributed by atoms with Crippen molar-refractivity contribution in [2.45, 2.75) is 160 Å². The normalized spacial score (nSPS) is 11.6. The van der Waals surface area contributed by atoms with Crippen LogP contribution in [-0.4, -0.2) is 38.1 Å². The van der Waals surface area contributed by atoms with Gasteiger partial charge < -0.3 is 14.0 Å². The van der Waals surface area contributed by atoms with E-state index in [4.69, 9.17) is 9.47 Å². The third kappa shape index (κ3) is 24.1. The molecule has 0 saturated carbocycles. The Balaban J connectivity index is 0.0000212. The van der Waals surface area contributed by atoms with E-state index in [-0.39, 0.29) is 70.2 Å². The van der Waals surface area contributed by atoms with E-state index in [1.54, 1.807) is 0 Å². The Kier molecular flexibility index (Phi) is 30.6. The summed E-state index contributed by atoms with van der Waals surface area (Å²) in [5.74, 6) is -1.85. The fourth-order valence-electron chi connectivity index (χ4n) is 5.24. The van der Waals surface area contributed by atoms with Gasteiger partial charge in [0.15, 0.2) is 0 Å². The molecule has 0 spiro atoms. The van der Waals surface area contributed by atoms with Crippen molar-refractivity contribution in [3.63, 3.8) is 0 Å². The predicted octanol–water partition coefficient (Wildman–Crippen LogP) is 7.64. The fourth-order valence-corrected chi connectivity index (χ4v) is 5.93. The average Bonchev–Trinajstić information content (AvgIpc) is 3.04. The van der Waals surface area contributed by atoms with E-state index in [0.717, 1.165) is 57.4 Å². The van der Waals surface area contributed by atoms with Crippen LogP contribution >= 0.6 is 0 Å². The van der Waals surface area contributed by atoms with Gasteiger partial charge in [-0.1, -0.05) is 108 Å². The molecule has 0 amide bonds. The third-order valence-corrected chi connectivity index (χ3v) is 8.88. The summed E-state index contributed by atoms with van der Waals surface area (Å²) in [4.78, 5) is 25.0. The molecule has 0 unspecified atom stereocenters. The minimum atomic E-state index is -5.02. The van der Waals surface area contributed by atoms with Gasteiger partial charge in [-0.2, -0.15) is 0 Å². The summed E-state index contributed by atoms with van der Waals surface area (Å²) < 4.78 is 46.4. The number of carbonyl (C=O) groups excluding carboxylic acids is 2. The van der Waals surface area contributed by atoms with Crippen molar-refractivity contribution in [3.8, 4) is 0 Å². The summed E-state index contributed by atoms with van der Waals surface area (Å²) in [5.41, 5.74) is -0.814. The second-order valence-corrected chi connectivity index (χ2v) is 13.5. The molecule has 0 bridgehead atoms. The number of allylic oxidation sites excluding steroid dienone is 4. The van der Waals surface area contributed by atoms with E-state index in [1.807, 2.05) is 0 Å². The van der Waals surface area contributed by atoms with Gasteiger partial charge in [-0.25, -0.2) is 18.0 Å². The van der Waals surface area contributed by atoms with Crippen LogP contribution in [0.2, 0.25) is 0 Å². The van der Waals surface area contributed by atoms with Crippen LogP contribution in [0.1, 0.15) is 176 Å². The number of esters is 2. The Hall–Kier alpha value is -0.814. The van der Waals surface area contributed by atoms with Crippen molar-refractivity contribution in [3.05, 3.63) is 53.6 Å². The third-order valence-electron chi connectivity index (χ3n) is 8.00. The van der Waals surface area contributed by atoms with E-state index >= 15 is 0 Å². The standard InChI is InChI=1S/C38H62O7S.K/c1-3-5-7-9-11-13-15-17-19-21-23-25-27-32-44-37(39)34-30-29-31-35(46(41,42)43)36(34)38(40)45-33-28-26-24-22-20-18-16-14-12-10-8-6-4-2;/h17-20,29-31H,3-16,21-28,32-33H2,1-2H3,(H,41,42,43);/q;+1/p-1/b19-17+,20-18+;. The van der Waals surface area contributed by atoms with Crippen LogP contribution in [0.15, 0.2) is 47.4 Å². The van der Waals surface area contributed by atoms with Crippen LogP contribution in [0.25, 0.3) is 0 Å². The molecule has 0 radical (unpaired) electrons. The number of ether oxygens (including phenoxy) is 2. The molecule has 1 aromatic carbocycles. The van der Waals surface area contributed by atoms with Crippen LogP contribution in [0.5, 0.6) is 0 Å². The van der Waals surface area contributed by atoms with Gasteiger partial charge >= 0.3 is 63.3 Å². The maximum atomic E-state index is 12.9. The van der Waals surface area contributed by atoms with Crippen molar-refractivity contribution < 1.29 is 83.4 Å². The molecule has 0 saturated heterocycles. The van der Waals surface area contributed by atoms with E-state index < -0.39 is 32.5 Å². The molecule has 7 nitrogen and oxygen atoms in total. The minimum Gasteiger partial charge on any atom is -0.744 e. The molecule has 0 N–H and O–H groups in total. The molecule has 9 heteroatoms. The Morgan fingerprint density at radius 1 is 0.596 bits per heavy atom. The Morgan fingerprint density at radius 2 is 0.979 bits per heavy atom. The topological polar surface area (TPSA) is 110 Å². The van der Waals surface area contributed by atoms with Crippen molar-refractivity contribution in [2.24, 2.45) is 0 Å². The first kappa shape index (κ1) is 46.2. The molecule has 1 aromatic rings. The summed E-state index contributed by atoms with van der Waals surface area (Å²) >= 11 is 0. The molecule has 1 rings (SSSR count). The fraction of sp³-hybridized carbons (Fsp3) is 0.684. The van der Waals surface area contributed by atoms with E-state index in [2.05, 4.69) is 38.2 Å². The molecule has 0 aliphatic rings. The second kappa shape index (κ2) is 31.2. The summed E-state index contributed by atoms with van der Waals surface area (Å²) in [5, 5.41) is 0. The number of hydrogen-bond donors (Lipinski definition) is 0. The van der Waals surface area contributed by atoms with Crippen molar-refractivity contribution in [1.82, 2.24) is 0 Å². The zero-order valence-electron chi connectivity index (χ0n) is 29.8. The first-order valence-corrected chi connectivity index (χ1v) is 19.5. The molecule has 262 valence electrons. The number of benzene rings is 1. The van der Waals surface area contributed by atoms with Gasteiger partial charge in [-0.15, -0.1) is 0 Å². The van der Waals surface area contributed by atoms with Crippen LogP contribution in [0.3, 0.4) is 0 Å². The quantitative estimate of drug-likeness (QED) is 0.0278. The maximum Gasteiger partial charge on any atom is 1.00 e. The first-order valence-electron chi connectivity index (χ1n) is 18.1. The number of carbonyl (C=O) groups is 2. The van der Waals surface area contributed by atoms with Crippen LogP contribution in [0, 0.1) is 0 Å². The largest absolute Gasteiger partial charge is 1.00 e. The maximum absolute atomic E-state index is 12.9. The second-order valence-electron chi connectivity index (χ2n) is 12.2. The molecule has 47 heavy (non-hydrogen) atoms. The molecule has 0 aliphatic carbocycles. The first-order chi connectivity index (χ1) is 22.3. The summed E-state index contributed by atoms with van der Waals surface area (Å²) in [6.45, 7) is 4.65. The SMILES string of the molecule is CCCCCCCC/C=C/CCCCCOC(=O)c1cccc(S(=O)(=O)[O-])c1C(=O)OCCCCC/C=C/CCCCCCCC.[K+]. The average molecular weight is 701 g/mol. The molecule has 0 fully saturated rings. The summed E-state index contributed by atoms with van der Waals surface area (Å²) in [6, 6.07) is 3.57. The van der Waals surface area contributed by atoms with Gasteiger partial charge in [-0.3, -0.25) is 0 Å². The van der Waals surface area contributed by atoms with Gasteiger partial charge in [-0.05, 0) is 89.2 Å². The van der Waals surface area contributed by atoms with Gasteiger partial charge in [0.25, 0.3) is 0 Å². The van der Waals surface area contributed by atoms with Gasteiger partial charge in [0.05, 0.1) is 29.2 Å². The minimum absolute atomic E-state index is 0. The van der Waals surface area contributed by atoms with E-state index in [1.165, 1.54) is 89.2 Å². The van der Waals surface area contributed by atoms with Crippen LogP contribution in [0.4, 0.5) is 0 Å². The van der Waals surface area contributed by atoms with E-state index in [0.29, 0.717) is 12.8 Å². The Morgan fingerprint density at radius 3 is 1.40 bits per heavy atom. The van der Waals surface area contributed by atoms with E-state index in [9.17, 15) is 22.6 Å². The summed E-state index contributed by atoms with van der Waals surface area (Å²) in [6.07, 6.45) is 33.4. The number of rotatable bonds is 29. The number of hydrogen-bond acceptors (Lipinski definition) is 7. The van der Waals surface area contributed by atoms with Gasteiger partial charge in [0.1, 0.15) is 10.1 Å². The van der Waals surface area contributed by atoms with Crippen LogP contribution in [-0.2, 0) is 19.6 Å². The van der Waals surface area contributed by atoms with Gasteiger partial charge in [0.2, 0.25) is 0 Å². The molecule has 0 aromatic heterocycles. The molecule has 0 aliphatic heterocycles. The zero-order chi connectivity index (χ0) is 33.7. The molecular weight excluding hydrogens is 640 g/mol. The molecular formula is C38H61KO7S. The van der Waals surface area contributed by atoms with Crippen molar-refractivity contribution >= 4 is 22.1 Å².